The number of halogens is 4. The van der Waals surface area contributed by atoms with Crippen molar-refractivity contribution in [2.24, 2.45) is 5.16 Å². The van der Waals surface area contributed by atoms with E-state index in [4.69, 9.17) is 4.84 Å². The number of hydrogen-bond acceptors (Lipinski definition) is 6. The molecule has 1 saturated heterocycles. The predicted molar refractivity (Wildman–Crippen MR) is 128 cm³/mol. The number of fused-ring (bicyclic) bond motifs is 2. The standard InChI is InChI=1S/C22H21F2N5O2.2ClH/c23-13-1-3-17-15(11-13)19(22(30)27-17)21-20(16-12-14(24)2-4-18(16)26-21)28-31-10-9-29-7-5-25-6-8-29;;/h1-4,11-12,25-26H,5-10H2,(H,27,30);2*1H/b21-19-,28-20+;;. The van der Waals surface area contributed by atoms with Gasteiger partial charge in [-0.15, -0.1) is 24.8 Å². The van der Waals surface area contributed by atoms with E-state index in [9.17, 15) is 13.6 Å². The highest BCUT2D eigenvalue weighted by Gasteiger charge is 2.34. The lowest BCUT2D eigenvalue weighted by atomic mass is 10.0. The Hall–Kier alpha value is -2.72. The Morgan fingerprint density at radius 2 is 1.58 bits per heavy atom. The lowest BCUT2D eigenvalue weighted by Crippen LogP contribution is -2.44. The van der Waals surface area contributed by atoms with Gasteiger partial charge in [-0.1, -0.05) is 5.16 Å². The van der Waals surface area contributed by atoms with Gasteiger partial charge < -0.3 is 20.8 Å². The van der Waals surface area contributed by atoms with Crippen LogP contribution in [-0.4, -0.2) is 55.8 Å². The topological polar surface area (TPSA) is 78.0 Å². The molecule has 0 saturated carbocycles. The number of anilines is 2. The molecule has 0 atom stereocenters. The molecule has 7 nitrogen and oxygen atoms in total. The molecular formula is C22H23Cl2F2N5O2. The van der Waals surface area contributed by atoms with E-state index >= 15 is 0 Å². The average Bonchev–Trinajstić information content (AvgIpc) is 3.27. The third kappa shape index (κ3) is 4.96. The van der Waals surface area contributed by atoms with Crippen LogP contribution in [0.15, 0.2) is 47.3 Å². The number of carbonyl (C=O) groups excluding carboxylic acids is 1. The van der Waals surface area contributed by atoms with Crippen LogP contribution in [0, 0.1) is 11.6 Å². The summed E-state index contributed by atoms with van der Waals surface area (Å²) in [6, 6.07) is 8.34. The van der Waals surface area contributed by atoms with E-state index < -0.39 is 11.6 Å². The minimum atomic E-state index is -0.458. The molecule has 5 rings (SSSR count). The van der Waals surface area contributed by atoms with Crippen LogP contribution in [-0.2, 0) is 9.63 Å². The first-order chi connectivity index (χ1) is 15.1. The van der Waals surface area contributed by atoms with Gasteiger partial charge in [0.25, 0.3) is 5.91 Å². The number of nitrogens with one attached hydrogen (secondary N) is 3. The smallest absolute Gasteiger partial charge is 0.258 e. The van der Waals surface area contributed by atoms with Gasteiger partial charge in [-0.25, -0.2) is 8.78 Å². The molecule has 11 heteroatoms. The first-order valence-electron chi connectivity index (χ1n) is 10.2. The number of amides is 1. The van der Waals surface area contributed by atoms with Gasteiger partial charge in [-0.05, 0) is 36.4 Å². The molecule has 3 aliphatic rings. The van der Waals surface area contributed by atoms with E-state index in [0.29, 0.717) is 47.1 Å². The highest BCUT2D eigenvalue weighted by atomic mass is 35.5. The SMILES string of the molecule is Cl.Cl.O=C1Nc2ccc(F)cc2/C1=C1/Nc2ccc(F)cc2/C1=N\OCCN1CCNCC1. The molecule has 0 aromatic heterocycles. The predicted octanol–water partition coefficient (Wildman–Crippen LogP) is 3.22. The molecule has 0 unspecified atom stereocenters. The maximum atomic E-state index is 14.0. The highest BCUT2D eigenvalue weighted by Crippen LogP contribution is 2.39. The molecule has 1 fully saturated rings. The number of piperazine rings is 1. The van der Waals surface area contributed by atoms with Crippen molar-refractivity contribution in [2.45, 2.75) is 0 Å². The molecule has 0 bridgehead atoms. The number of rotatable bonds is 4. The Labute approximate surface area is 202 Å². The fourth-order valence-corrected chi connectivity index (χ4v) is 4.03. The molecule has 33 heavy (non-hydrogen) atoms. The van der Waals surface area contributed by atoms with E-state index in [1.54, 1.807) is 6.07 Å². The number of oxime groups is 1. The van der Waals surface area contributed by atoms with Crippen molar-refractivity contribution in [3.05, 3.63) is 64.9 Å². The summed E-state index contributed by atoms with van der Waals surface area (Å²) >= 11 is 0. The molecule has 3 aliphatic heterocycles. The summed E-state index contributed by atoms with van der Waals surface area (Å²) in [4.78, 5) is 20.6. The van der Waals surface area contributed by atoms with E-state index in [1.807, 2.05) is 0 Å². The number of carbonyl (C=O) groups is 1. The first-order valence-corrected chi connectivity index (χ1v) is 10.2. The number of nitrogens with zero attached hydrogens (tertiary/aromatic N) is 2. The van der Waals surface area contributed by atoms with Crippen LogP contribution < -0.4 is 16.0 Å². The van der Waals surface area contributed by atoms with Crippen LogP contribution in [0.2, 0.25) is 0 Å². The lowest BCUT2D eigenvalue weighted by molar-refractivity contribution is -0.110. The van der Waals surface area contributed by atoms with Gasteiger partial charge in [0.15, 0.2) is 0 Å². The fraction of sp³-hybridized carbons (Fsp3) is 0.273. The summed E-state index contributed by atoms with van der Waals surface area (Å²) in [5.74, 6) is -1.27. The molecule has 176 valence electrons. The van der Waals surface area contributed by atoms with Crippen molar-refractivity contribution in [3.63, 3.8) is 0 Å². The summed E-state index contributed by atoms with van der Waals surface area (Å²) in [7, 11) is 0. The third-order valence-corrected chi connectivity index (χ3v) is 5.57. The van der Waals surface area contributed by atoms with Crippen LogP contribution in [0.3, 0.4) is 0 Å². The largest absolute Gasteiger partial charge is 0.394 e. The molecular weight excluding hydrogens is 475 g/mol. The van der Waals surface area contributed by atoms with Crippen molar-refractivity contribution >= 4 is 53.4 Å². The van der Waals surface area contributed by atoms with Crippen molar-refractivity contribution in [1.29, 1.82) is 0 Å². The van der Waals surface area contributed by atoms with Crippen LogP contribution >= 0.6 is 24.8 Å². The molecule has 1 amide bonds. The van der Waals surface area contributed by atoms with Crippen LogP contribution in [0.25, 0.3) is 5.57 Å². The van der Waals surface area contributed by atoms with E-state index in [1.165, 1.54) is 30.3 Å². The number of allylic oxidation sites excluding steroid dienone is 1. The van der Waals surface area contributed by atoms with Crippen molar-refractivity contribution in [1.82, 2.24) is 10.2 Å². The zero-order valence-corrected chi connectivity index (χ0v) is 19.1. The van der Waals surface area contributed by atoms with Gasteiger partial charge in [-0.3, -0.25) is 9.69 Å². The molecule has 2 aromatic rings. The van der Waals surface area contributed by atoms with Crippen LogP contribution in [0.5, 0.6) is 0 Å². The van der Waals surface area contributed by atoms with Gasteiger partial charge in [0.05, 0.1) is 11.3 Å². The summed E-state index contributed by atoms with van der Waals surface area (Å²) in [6.45, 7) is 4.82. The second-order valence-corrected chi connectivity index (χ2v) is 7.57. The molecule has 0 radical (unpaired) electrons. The molecule has 3 N–H and O–H groups in total. The maximum Gasteiger partial charge on any atom is 0.258 e. The van der Waals surface area contributed by atoms with Crippen LogP contribution in [0.4, 0.5) is 20.2 Å². The number of benzene rings is 2. The second kappa shape index (κ2) is 10.5. The van der Waals surface area contributed by atoms with Gasteiger partial charge in [0.1, 0.15) is 24.0 Å². The monoisotopic (exact) mass is 497 g/mol. The molecule has 0 spiro atoms. The Morgan fingerprint density at radius 3 is 2.27 bits per heavy atom. The van der Waals surface area contributed by atoms with E-state index in [2.05, 4.69) is 26.0 Å². The maximum absolute atomic E-state index is 14.0. The molecule has 2 aromatic carbocycles. The Kier molecular flexibility index (Phi) is 7.91. The Bertz CT molecular complexity index is 1120. The highest BCUT2D eigenvalue weighted by molar-refractivity contribution is 6.39. The normalized spacial score (nSPS) is 20.3. The summed E-state index contributed by atoms with van der Waals surface area (Å²) in [5.41, 5.74) is 2.96. The van der Waals surface area contributed by atoms with E-state index in [0.717, 1.165) is 26.2 Å². The minimum Gasteiger partial charge on any atom is -0.394 e. The third-order valence-electron chi connectivity index (χ3n) is 5.57. The zero-order chi connectivity index (χ0) is 21.4. The summed E-state index contributed by atoms with van der Waals surface area (Å²) in [6.07, 6.45) is 0. The quantitative estimate of drug-likeness (QED) is 0.343. The molecule has 3 heterocycles. The van der Waals surface area contributed by atoms with Gasteiger partial charge >= 0.3 is 0 Å². The van der Waals surface area contributed by atoms with Crippen molar-refractivity contribution in [2.75, 3.05) is 50.0 Å². The van der Waals surface area contributed by atoms with E-state index in [-0.39, 0.29) is 36.3 Å². The average molecular weight is 498 g/mol. The Morgan fingerprint density at radius 1 is 0.939 bits per heavy atom. The van der Waals surface area contributed by atoms with Crippen molar-refractivity contribution < 1.29 is 18.4 Å². The second-order valence-electron chi connectivity index (χ2n) is 7.57. The van der Waals surface area contributed by atoms with Gasteiger partial charge in [0.2, 0.25) is 0 Å². The minimum absolute atomic E-state index is 0. The fourth-order valence-electron chi connectivity index (χ4n) is 4.03. The van der Waals surface area contributed by atoms with Crippen molar-refractivity contribution in [3.8, 4) is 0 Å². The Balaban J connectivity index is 0.00000153. The van der Waals surface area contributed by atoms with Crippen LogP contribution in [0.1, 0.15) is 11.1 Å². The van der Waals surface area contributed by atoms with Gasteiger partial charge in [0, 0.05) is 55.2 Å². The number of hydrogen-bond donors (Lipinski definition) is 3. The first kappa shape index (κ1) is 24.9. The van der Waals surface area contributed by atoms with Gasteiger partial charge in [-0.2, -0.15) is 0 Å². The lowest BCUT2D eigenvalue weighted by Gasteiger charge is -2.26. The summed E-state index contributed by atoms with van der Waals surface area (Å²) in [5, 5.41) is 13.4. The summed E-state index contributed by atoms with van der Waals surface area (Å²) < 4.78 is 27.9. The zero-order valence-electron chi connectivity index (χ0n) is 17.5. The molecule has 0 aliphatic carbocycles.